The number of rotatable bonds is 13. The zero-order valence-corrected chi connectivity index (χ0v) is 26.0. The second-order valence-corrected chi connectivity index (χ2v) is 11.2. The van der Waals surface area contributed by atoms with E-state index in [2.05, 4.69) is 16.0 Å². The fraction of sp³-hybridized carbons (Fsp3) is 0.167. The van der Waals surface area contributed by atoms with Crippen LogP contribution in [0, 0.1) is 6.92 Å². The minimum Gasteiger partial charge on any atom is -0.462 e. The van der Waals surface area contributed by atoms with Gasteiger partial charge >= 0.3 is 5.97 Å². The quantitative estimate of drug-likeness (QED) is 0.0636. The number of anilines is 2. The molecule has 0 radical (unpaired) electrons. The number of ether oxygens (including phenoxy) is 1. The molecule has 4 aromatic carbocycles. The van der Waals surface area contributed by atoms with Gasteiger partial charge < -0.3 is 20.7 Å². The molecule has 0 spiro atoms. The van der Waals surface area contributed by atoms with Gasteiger partial charge in [0.05, 0.1) is 17.9 Å². The summed E-state index contributed by atoms with van der Waals surface area (Å²) in [4.78, 5) is 51.8. The summed E-state index contributed by atoms with van der Waals surface area (Å²) in [5.41, 5.74) is 3.81. The third kappa shape index (κ3) is 10.5. The molecule has 0 aliphatic heterocycles. The Morgan fingerprint density at radius 1 is 0.778 bits per heavy atom. The molecule has 4 rings (SSSR count). The summed E-state index contributed by atoms with van der Waals surface area (Å²) in [7, 11) is 0. The number of carbonyl (C=O) groups is 4. The summed E-state index contributed by atoms with van der Waals surface area (Å²) in [6.45, 7) is 4.36. The zero-order chi connectivity index (χ0) is 32.0. The fourth-order valence-electron chi connectivity index (χ4n) is 4.16. The van der Waals surface area contributed by atoms with Gasteiger partial charge in [-0.05, 0) is 79.6 Å². The Hall–Kier alpha value is -5.15. The van der Waals surface area contributed by atoms with Crippen LogP contribution in [0.2, 0.25) is 0 Å². The molecule has 0 aliphatic rings. The van der Waals surface area contributed by atoms with Crippen LogP contribution in [0.3, 0.4) is 0 Å². The number of thioether (sulfide) groups is 1. The maximum Gasteiger partial charge on any atom is 0.338 e. The molecule has 0 heterocycles. The van der Waals surface area contributed by atoms with Gasteiger partial charge in [0.2, 0.25) is 5.91 Å². The van der Waals surface area contributed by atoms with E-state index in [1.807, 2.05) is 50.2 Å². The van der Waals surface area contributed by atoms with Crippen LogP contribution in [-0.2, 0) is 14.3 Å². The van der Waals surface area contributed by atoms with Crippen molar-refractivity contribution < 1.29 is 23.9 Å². The van der Waals surface area contributed by atoms with E-state index in [1.54, 1.807) is 72.8 Å². The molecule has 8 nitrogen and oxygen atoms in total. The molecule has 0 saturated heterocycles. The van der Waals surface area contributed by atoms with Gasteiger partial charge in [0.15, 0.2) is 0 Å². The van der Waals surface area contributed by atoms with Crippen molar-refractivity contribution in [1.29, 1.82) is 0 Å². The van der Waals surface area contributed by atoms with E-state index >= 15 is 0 Å². The molecule has 0 bridgehead atoms. The van der Waals surface area contributed by atoms with Gasteiger partial charge in [-0.25, -0.2) is 4.79 Å². The number of esters is 1. The largest absolute Gasteiger partial charge is 0.462 e. The average molecular weight is 622 g/mol. The van der Waals surface area contributed by atoms with Gasteiger partial charge in [0.1, 0.15) is 5.70 Å². The van der Waals surface area contributed by atoms with Crippen molar-refractivity contribution in [3.05, 3.63) is 131 Å². The maximum atomic E-state index is 13.4. The highest BCUT2D eigenvalue weighted by Crippen LogP contribution is 2.23. The molecule has 3 N–H and O–H groups in total. The summed E-state index contributed by atoms with van der Waals surface area (Å²) < 4.78 is 5.21. The topological polar surface area (TPSA) is 114 Å². The summed E-state index contributed by atoms with van der Waals surface area (Å²) >= 11 is 1.31. The van der Waals surface area contributed by atoms with Crippen LogP contribution in [-0.4, -0.2) is 36.1 Å². The third-order valence-corrected chi connectivity index (χ3v) is 7.47. The first-order valence-electron chi connectivity index (χ1n) is 14.6. The number of hydrogen-bond acceptors (Lipinski definition) is 6. The smallest absolute Gasteiger partial charge is 0.338 e. The number of unbranched alkanes of at least 4 members (excludes halogenated alkanes) is 1. The first kappa shape index (κ1) is 32.8. The SMILES string of the molecule is CCCCOC(=O)c1ccc(NC(=O)CSc2cccc(NC(=O)/C(=C\c3cccc(C)c3)NC(=O)c3ccccc3)c2)cc1. The lowest BCUT2D eigenvalue weighted by molar-refractivity contribution is -0.114. The molecule has 9 heteroatoms. The van der Waals surface area contributed by atoms with Gasteiger partial charge in [-0.15, -0.1) is 11.8 Å². The zero-order valence-electron chi connectivity index (χ0n) is 25.2. The number of amides is 3. The molecule has 0 aliphatic carbocycles. The molecule has 0 fully saturated rings. The Morgan fingerprint density at radius 3 is 2.27 bits per heavy atom. The Bertz CT molecular complexity index is 1670. The van der Waals surface area contributed by atoms with Crippen molar-refractivity contribution >= 4 is 52.9 Å². The second kappa shape index (κ2) is 16.6. The second-order valence-electron chi connectivity index (χ2n) is 10.2. The predicted molar refractivity (Wildman–Crippen MR) is 179 cm³/mol. The van der Waals surface area contributed by atoms with Crippen molar-refractivity contribution in [2.45, 2.75) is 31.6 Å². The monoisotopic (exact) mass is 621 g/mol. The molecule has 0 atom stereocenters. The minimum atomic E-state index is -0.488. The van der Waals surface area contributed by atoms with Crippen LogP contribution in [0.4, 0.5) is 11.4 Å². The summed E-state index contributed by atoms with van der Waals surface area (Å²) in [5, 5.41) is 8.43. The van der Waals surface area contributed by atoms with Gasteiger partial charge in [-0.2, -0.15) is 0 Å². The molecular formula is C36H35N3O5S. The highest BCUT2D eigenvalue weighted by atomic mass is 32.2. The van der Waals surface area contributed by atoms with Crippen molar-refractivity contribution in [2.75, 3.05) is 23.0 Å². The van der Waals surface area contributed by atoms with Crippen LogP contribution in [0.25, 0.3) is 6.08 Å². The number of benzene rings is 4. The molecule has 4 aromatic rings. The molecule has 230 valence electrons. The van der Waals surface area contributed by atoms with Crippen molar-refractivity contribution in [3.8, 4) is 0 Å². The van der Waals surface area contributed by atoms with Gasteiger partial charge in [-0.1, -0.05) is 67.4 Å². The van der Waals surface area contributed by atoms with Gasteiger partial charge in [0, 0.05) is 21.8 Å². The highest BCUT2D eigenvalue weighted by molar-refractivity contribution is 8.00. The summed E-state index contributed by atoms with van der Waals surface area (Å²) in [5.74, 6) is -1.37. The van der Waals surface area contributed by atoms with E-state index < -0.39 is 11.8 Å². The van der Waals surface area contributed by atoms with E-state index in [-0.39, 0.29) is 23.3 Å². The molecular weight excluding hydrogens is 586 g/mol. The van der Waals surface area contributed by atoms with E-state index in [0.717, 1.165) is 28.9 Å². The Morgan fingerprint density at radius 2 is 1.53 bits per heavy atom. The average Bonchev–Trinajstić information content (AvgIpc) is 3.04. The van der Waals surface area contributed by atoms with Crippen LogP contribution in [0.15, 0.2) is 114 Å². The van der Waals surface area contributed by atoms with Crippen LogP contribution < -0.4 is 16.0 Å². The Balaban J connectivity index is 1.37. The van der Waals surface area contributed by atoms with E-state index in [9.17, 15) is 19.2 Å². The standard InChI is InChI=1S/C36H35N3O5S/c1-3-4-20-44-36(43)28-16-18-29(19-17-28)37-33(40)24-45-31-15-9-14-30(23-31)38-35(42)32(22-26-11-8-10-25(2)21-26)39-34(41)27-12-6-5-7-13-27/h5-19,21-23H,3-4,20,24H2,1-2H3,(H,37,40)(H,38,42)(H,39,41)/b32-22+. The lowest BCUT2D eigenvalue weighted by Gasteiger charge is -2.12. The maximum absolute atomic E-state index is 13.4. The first-order chi connectivity index (χ1) is 21.8. The van der Waals surface area contributed by atoms with E-state index in [0.29, 0.717) is 29.1 Å². The predicted octanol–water partition coefficient (Wildman–Crippen LogP) is 7.09. The van der Waals surface area contributed by atoms with Crippen LogP contribution in [0.5, 0.6) is 0 Å². The lowest BCUT2D eigenvalue weighted by atomic mass is 10.1. The number of aryl methyl sites for hydroxylation is 1. The van der Waals surface area contributed by atoms with Crippen LogP contribution >= 0.6 is 11.8 Å². The first-order valence-corrected chi connectivity index (χ1v) is 15.6. The molecule has 45 heavy (non-hydrogen) atoms. The summed E-state index contributed by atoms with van der Waals surface area (Å²) in [6, 6.07) is 30.0. The molecule has 0 aromatic heterocycles. The minimum absolute atomic E-state index is 0.0899. The van der Waals surface area contributed by atoms with E-state index in [1.165, 1.54) is 11.8 Å². The molecule has 3 amide bonds. The van der Waals surface area contributed by atoms with Gasteiger partial charge in [-0.3, -0.25) is 14.4 Å². The number of hydrogen-bond donors (Lipinski definition) is 3. The normalized spacial score (nSPS) is 10.9. The van der Waals surface area contributed by atoms with E-state index in [4.69, 9.17) is 4.74 Å². The third-order valence-electron chi connectivity index (χ3n) is 6.48. The summed E-state index contributed by atoms with van der Waals surface area (Å²) in [6.07, 6.45) is 3.39. The lowest BCUT2D eigenvalue weighted by Crippen LogP contribution is -2.30. The Labute approximate surface area is 267 Å². The Kier molecular flexibility index (Phi) is 12.1. The van der Waals surface area contributed by atoms with Crippen molar-refractivity contribution in [3.63, 3.8) is 0 Å². The van der Waals surface area contributed by atoms with Gasteiger partial charge in [0.25, 0.3) is 11.8 Å². The molecule has 0 unspecified atom stereocenters. The van der Waals surface area contributed by atoms with Crippen LogP contribution in [0.1, 0.15) is 51.6 Å². The highest BCUT2D eigenvalue weighted by Gasteiger charge is 2.16. The molecule has 0 saturated carbocycles. The number of nitrogens with one attached hydrogen (secondary N) is 3. The van der Waals surface area contributed by atoms with Crippen molar-refractivity contribution in [1.82, 2.24) is 5.32 Å². The number of carbonyl (C=O) groups excluding carboxylic acids is 4. The fourth-order valence-corrected chi connectivity index (χ4v) is 4.91. The van der Waals surface area contributed by atoms with Crippen molar-refractivity contribution in [2.24, 2.45) is 0 Å².